The first-order chi connectivity index (χ1) is 11.6. The van der Waals surface area contributed by atoms with Gasteiger partial charge in [0, 0.05) is 43.9 Å². The maximum atomic E-state index is 11.8. The van der Waals surface area contributed by atoms with Gasteiger partial charge in [0.25, 0.3) is 0 Å². The number of aliphatic hydroxyl groups excluding tert-OH is 1. The van der Waals surface area contributed by atoms with E-state index in [1.165, 1.54) is 0 Å². The quantitative estimate of drug-likeness (QED) is 0.527. The van der Waals surface area contributed by atoms with Crippen LogP contribution in [0.4, 0.5) is 5.69 Å². The van der Waals surface area contributed by atoms with Crippen LogP contribution in [0.5, 0.6) is 0 Å². The highest BCUT2D eigenvalue weighted by atomic mass is 16.5. The number of nitrogens with zero attached hydrogens (tertiary/aromatic N) is 1. The van der Waals surface area contributed by atoms with Crippen molar-refractivity contribution in [3.05, 3.63) is 40.2 Å². The van der Waals surface area contributed by atoms with Gasteiger partial charge in [0.05, 0.1) is 26.4 Å². The third-order valence-electron chi connectivity index (χ3n) is 3.67. The number of ether oxygens (including phenoxy) is 2. The van der Waals surface area contributed by atoms with E-state index in [0.29, 0.717) is 32.0 Å². The molecule has 0 saturated carbocycles. The molecule has 1 aromatic heterocycles. The number of benzene rings is 1. The summed E-state index contributed by atoms with van der Waals surface area (Å²) in [6.45, 7) is 1.94. The third-order valence-corrected chi connectivity index (χ3v) is 3.67. The highest BCUT2D eigenvalue weighted by Gasteiger charge is 2.07. The number of aryl methyl sites for hydroxylation is 1. The second kappa shape index (κ2) is 9.42. The van der Waals surface area contributed by atoms with Gasteiger partial charge < -0.3 is 23.9 Å². The van der Waals surface area contributed by atoms with Crippen molar-refractivity contribution in [3.63, 3.8) is 0 Å². The number of anilines is 1. The molecule has 0 atom stereocenters. The van der Waals surface area contributed by atoms with Crippen molar-refractivity contribution in [2.24, 2.45) is 0 Å². The van der Waals surface area contributed by atoms with Crippen LogP contribution in [0.3, 0.4) is 0 Å². The molecule has 0 bridgehead atoms. The van der Waals surface area contributed by atoms with Crippen molar-refractivity contribution in [1.82, 2.24) is 0 Å². The van der Waals surface area contributed by atoms with Crippen LogP contribution in [0.2, 0.25) is 0 Å². The van der Waals surface area contributed by atoms with E-state index in [2.05, 4.69) is 0 Å². The highest BCUT2D eigenvalue weighted by molar-refractivity contribution is 5.83. The van der Waals surface area contributed by atoms with Crippen molar-refractivity contribution >= 4 is 16.7 Å². The SMILES string of the molecule is CN(C)c1ccc2c(CCCOCCOCCO)cc(=O)oc2c1. The fourth-order valence-corrected chi connectivity index (χ4v) is 2.45. The third kappa shape index (κ3) is 5.33. The minimum Gasteiger partial charge on any atom is -0.423 e. The molecular weight excluding hydrogens is 310 g/mol. The molecule has 132 valence electrons. The lowest BCUT2D eigenvalue weighted by Gasteiger charge is -2.13. The van der Waals surface area contributed by atoms with Gasteiger partial charge in [-0.25, -0.2) is 4.79 Å². The van der Waals surface area contributed by atoms with Crippen molar-refractivity contribution in [3.8, 4) is 0 Å². The summed E-state index contributed by atoms with van der Waals surface area (Å²) in [5.74, 6) is 0. The zero-order valence-electron chi connectivity index (χ0n) is 14.3. The molecule has 0 aliphatic heterocycles. The maximum absolute atomic E-state index is 11.8. The molecule has 0 radical (unpaired) electrons. The average Bonchev–Trinajstić information content (AvgIpc) is 2.56. The summed E-state index contributed by atoms with van der Waals surface area (Å²) in [6, 6.07) is 7.45. The van der Waals surface area contributed by atoms with Gasteiger partial charge >= 0.3 is 5.63 Å². The zero-order chi connectivity index (χ0) is 17.4. The number of aliphatic hydroxyl groups is 1. The Morgan fingerprint density at radius 1 is 1.08 bits per heavy atom. The molecule has 0 fully saturated rings. The second-order valence-electron chi connectivity index (χ2n) is 5.72. The predicted molar refractivity (Wildman–Crippen MR) is 93.9 cm³/mol. The fraction of sp³-hybridized carbons (Fsp3) is 0.500. The minimum atomic E-state index is -0.327. The van der Waals surface area contributed by atoms with Gasteiger partial charge in [-0.1, -0.05) is 0 Å². The molecule has 0 unspecified atom stereocenters. The van der Waals surface area contributed by atoms with Crippen LogP contribution in [0, 0.1) is 0 Å². The Morgan fingerprint density at radius 2 is 1.83 bits per heavy atom. The van der Waals surface area contributed by atoms with E-state index in [1.54, 1.807) is 6.07 Å². The van der Waals surface area contributed by atoms with Crippen LogP contribution in [0.15, 0.2) is 33.5 Å². The van der Waals surface area contributed by atoms with Crippen molar-refractivity contribution < 1.29 is 19.0 Å². The van der Waals surface area contributed by atoms with Crippen LogP contribution in [-0.4, -0.2) is 52.2 Å². The van der Waals surface area contributed by atoms with Gasteiger partial charge in [0.15, 0.2) is 0 Å². The largest absolute Gasteiger partial charge is 0.423 e. The van der Waals surface area contributed by atoms with E-state index >= 15 is 0 Å². The Hall–Kier alpha value is -1.89. The van der Waals surface area contributed by atoms with Crippen molar-refractivity contribution in [1.29, 1.82) is 0 Å². The van der Waals surface area contributed by atoms with Crippen molar-refractivity contribution in [2.45, 2.75) is 12.8 Å². The first-order valence-electron chi connectivity index (χ1n) is 8.12. The first-order valence-corrected chi connectivity index (χ1v) is 8.12. The first kappa shape index (κ1) is 18.4. The zero-order valence-corrected chi connectivity index (χ0v) is 14.3. The highest BCUT2D eigenvalue weighted by Crippen LogP contribution is 2.23. The molecular formula is C18H25NO5. The topological polar surface area (TPSA) is 72.1 Å². The monoisotopic (exact) mass is 335 g/mol. The van der Waals surface area contributed by atoms with Gasteiger partial charge in [-0.2, -0.15) is 0 Å². The number of rotatable bonds is 10. The number of fused-ring (bicyclic) bond motifs is 1. The molecule has 0 aliphatic rings. The van der Waals surface area contributed by atoms with Gasteiger partial charge in [-0.15, -0.1) is 0 Å². The molecule has 0 amide bonds. The van der Waals surface area contributed by atoms with Crippen molar-refractivity contribution in [2.75, 3.05) is 52.0 Å². The van der Waals surface area contributed by atoms with E-state index in [9.17, 15) is 4.79 Å². The Kier molecular flexibility index (Phi) is 7.24. The van der Waals surface area contributed by atoms with Gasteiger partial charge in [-0.05, 0) is 30.5 Å². The smallest absolute Gasteiger partial charge is 0.336 e. The molecule has 0 saturated heterocycles. The van der Waals surface area contributed by atoms with Crippen LogP contribution in [-0.2, 0) is 15.9 Å². The van der Waals surface area contributed by atoms with Gasteiger partial charge in [-0.3, -0.25) is 0 Å². The lowest BCUT2D eigenvalue weighted by atomic mass is 10.1. The summed E-state index contributed by atoms with van der Waals surface area (Å²) in [4.78, 5) is 13.7. The molecule has 2 aromatic rings. The standard InChI is InChI=1S/C18H25NO5/c1-19(2)15-5-6-16-14(12-18(21)24-17(16)13-15)4-3-8-22-10-11-23-9-7-20/h5-6,12-13,20H,3-4,7-11H2,1-2H3. The summed E-state index contributed by atoms with van der Waals surface area (Å²) in [5, 5.41) is 9.55. The normalized spacial score (nSPS) is 11.1. The van der Waals surface area contributed by atoms with E-state index in [4.69, 9.17) is 19.0 Å². The molecule has 24 heavy (non-hydrogen) atoms. The summed E-state index contributed by atoms with van der Waals surface area (Å²) >= 11 is 0. The fourth-order valence-electron chi connectivity index (χ4n) is 2.45. The number of hydrogen-bond acceptors (Lipinski definition) is 6. The summed E-state index contributed by atoms with van der Waals surface area (Å²) in [7, 11) is 3.90. The Morgan fingerprint density at radius 3 is 2.54 bits per heavy atom. The molecule has 6 nitrogen and oxygen atoms in total. The Balaban J connectivity index is 1.93. The summed E-state index contributed by atoms with van der Waals surface area (Å²) in [6.07, 6.45) is 1.56. The van der Waals surface area contributed by atoms with Crippen LogP contribution in [0.1, 0.15) is 12.0 Å². The lowest BCUT2D eigenvalue weighted by Crippen LogP contribution is -2.09. The van der Waals surface area contributed by atoms with Crippen LogP contribution in [0.25, 0.3) is 11.0 Å². The van der Waals surface area contributed by atoms with E-state index in [-0.39, 0.29) is 12.2 Å². The summed E-state index contributed by atoms with van der Waals surface area (Å²) in [5.41, 5.74) is 2.26. The summed E-state index contributed by atoms with van der Waals surface area (Å²) < 4.78 is 15.9. The molecule has 1 N–H and O–H groups in total. The molecule has 1 aromatic carbocycles. The predicted octanol–water partition coefficient (Wildman–Crippen LogP) is 1.82. The molecule has 6 heteroatoms. The van der Waals surface area contributed by atoms with Crippen LogP contribution >= 0.6 is 0 Å². The van der Waals surface area contributed by atoms with E-state index in [1.807, 2.05) is 37.2 Å². The minimum absolute atomic E-state index is 0.0270. The maximum Gasteiger partial charge on any atom is 0.336 e. The molecule has 0 spiro atoms. The second-order valence-corrected chi connectivity index (χ2v) is 5.72. The van der Waals surface area contributed by atoms with Gasteiger partial charge in [0.2, 0.25) is 0 Å². The van der Waals surface area contributed by atoms with E-state index < -0.39 is 0 Å². The van der Waals surface area contributed by atoms with Gasteiger partial charge in [0.1, 0.15) is 5.58 Å². The molecule has 1 heterocycles. The molecule has 2 rings (SSSR count). The Labute approximate surface area is 141 Å². The van der Waals surface area contributed by atoms with Crippen LogP contribution < -0.4 is 10.5 Å². The lowest BCUT2D eigenvalue weighted by molar-refractivity contribution is 0.0326. The molecule has 0 aliphatic carbocycles. The average molecular weight is 335 g/mol. The number of hydrogen-bond donors (Lipinski definition) is 1. The Bertz CT molecular complexity index is 695. The van der Waals surface area contributed by atoms with E-state index in [0.717, 1.165) is 29.5 Å².